The second kappa shape index (κ2) is 7.72. The zero-order valence-electron chi connectivity index (χ0n) is 13.7. The maximum Gasteiger partial charge on any atom is 0.141 e. The molecule has 0 bridgehead atoms. The molecule has 3 aromatic rings. The van der Waals surface area contributed by atoms with Gasteiger partial charge in [0, 0.05) is 23.4 Å². The topological polar surface area (TPSA) is 47.3 Å². The molecular formula is C19H18Br2N2O2. The van der Waals surface area contributed by atoms with E-state index in [1.807, 2.05) is 60.2 Å². The number of aryl methyl sites for hydroxylation is 1. The summed E-state index contributed by atoms with van der Waals surface area (Å²) >= 11 is 6.91. The predicted molar refractivity (Wildman–Crippen MR) is 105 cm³/mol. The Balaban J connectivity index is 1.68. The van der Waals surface area contributed by atoms with Gasteiger partial charge in [0.05, 0.1) is 16.4 Å². The van der Waals surface area contributed by atoms with Crippen molar-refractivity contribution in [2.24, 2.45) is 0 Å². The van der Waals surface area contributed by atoms with Crippen LogP contribution in [0.3, 0.4) is 0 Å². The fourth-order valence-corrected chi connectivity index (χ4v) is 3.61. The fraction of sp³-hybridized carbons (Fsp3) is 0.211. The number of nitrogens with zero attached hydrogens (tertiary/aromatic N) is 2. The molecule has 0 radical (unpaired) electrons. The molecule has 1 N–H and O–H groups in total. The van der Waals surface area contributed by atoms with Gasteiger partial charge in [0.2, 0.25) is 0 Å². The van der Waals surface area contributed by atoms with Crippen LogP contribution in [0, 0.1) is 0 Å². The number of benzene rings is 2. The summed E-state index contributed by atoms with van der Waals surface area (Å²) in [5.74, 6) is 1.46. The summed E-state index contributed by atoms with van der Waals surface area (Å²) < 4.78 is 9.70. The number of aromatic nitrogens is 2. The molecule has 2 aromatic carbocycles. The van der Waals surface area contributed by atoms with Crippen LogP contribution in [0.5, 0.6) is 11.5 Å². The van der Waals surface area contributed by atoms with Crippen molar-refractivity contribution in [3.05, 3.63) is 75.7 Å². The van der Waals surface area contributed by atoms with Gasteiger partial charge in [-0.15, -0.1) is 0 Å². The molecule has 4 nitrogen and oxygen atoms in total. The Kier molecular flexibility index (Phi) is 5.61. The number of halogens is 2. The molecule has 0 saturated heterocycles. The molecule has 0 aliphatic rings. The number of hydrogen-bond donors (Lipinski definition) is 1. The number of aliphatic hydroxyl groups is 1. The van der Waals surface area contributed by atoms with Crippen molar-refractivity contribution in [3.8, 4) is 11.5 Å². The molecule has 1 unspecified atom stereocenters. The zero-order valence-corrected chi connectivity index (χ0v) is 16.9. The first kappa shape index (κ1) is 18.2. The summed E-state index contributed by atoms with van der Waals surface area (Å²) in [6, 6.07) is 13.3. The Hall–Kier alpha value is -1.63. The number of imidazole rings is 1. The smallest absolute Gasteiger partial charge is 0.141 e. The van der Waals surface area contributed by atoms with E-state index in [0.29, 0.717) is 13.0 Å². The molecule has 25 heavy (non-hydrogen) atoms. The highest BCUT2D eigenvalue weighted by atomic mass is 79.9. The third kappa shape index (κ3) is 4.71. The molecule has 0 aliphatic carbocycles. The molecule has 1 heterocycles. The monoisotopic (exact) mass is 464 g/mol. The summed E-state index contributed by atoms with van der Waals surface area (Å²) in [5.41, 5.74) is -0.0593. The molecule has 0 aliphatic heterocycles. The van der Waals surface area contributed by atoms with E-state index in [-0.39, 0.29) is 0 Å². The van der Waals surface area contributed by atoms with E-state index in [2.05, 4.69) is 36.8 Å². The van der Waals surface area contributed by atoms with Crippen LogP contribution in [0.25, 0.3) is 0 Å². The first-order valence-corrected chi connectivity index (χ1v) is 9.44. The van der Waals surface area contributed by atoms with E-state index in [9.17, 15) is 5.11 Å². The van der Waals surface area contributed by atoms with E-state index < -0.39 is 5.60 Å². The summed E-state index contributed by atoms with van der Waals surface area (Å²) in [5, 5.41) is 10.8. The van der Waals surface area contributed by atoms with Crippen molar-refractivity contribution >= 4 is 31.9 Å². The van der Waals surface area contributed by atoms with E-state index in [1.165, 1.54) is 0 Å². The average molecular weight is 466 g/mol. The standard InChI is InChI=1S/C19H18Br2N2O2/c1-19(24,8-10-23-11-9-22-13-23)14-2-5-16(6-3-14)25-18-7-4-15(20)12-17(18)21/h2-7,9,11-13,24H,8,10H2,1H3. The SMILES string of the molecule is CC(O)(CCn1ccnc1)c1ccc(Oc2ccc(Br)cc2Br)cc1. The summed E-state index contributed by atoms with van der Waals surface area (Å²) in [7, 11) is 0. The van der Waals surface area contributed by atoms with Gasteiger partial charge in [-0.1, -0.05) is 28.1 Å². The molecular weight excluding hydrogens is 448 g/mol. The molecule has 0 spiro atoms. The molecule has 130 valence electrons. The molecule has 0 fully saturated rings. The van der Waals surface area contributed by atoms with Gasteiger partial charge in [0.25, 0.3) is 0 Å². The minimum atomic E-state index is -0.916. The van der Waals surface area contributed by atoms with Crippen molar-refractivity contribution in [2.75, 3.05) is 0 Å². The van der Waals surface area contributed by atoms with E-state index >= 15 is 0 Å². The predicted octanol–water partition coefficient (Wildman–Crippen LogP) is 5.50. The largest absolute Gasteiger partial charge is 0.456 e. The van der Waals surface area contributed by atoms with Crippen LogP contribution in [0.2, 0.25) is 0 Å². The van der Waals surface area contributed by atoms with Crippen LogP contribution in [-0.4, -0.2) is 14.7 Å². The Bertz CT molecular complexity index is 831. The van der Waals surface area contributed by atoms with Crippen molar-refractivity contribution in [1.82, 2.24) is 9.55 Å². The van der Waals surface area contributed by atoms with Crippen LogP contribution in [0.15, 0.2) is 70.1 Å². The van der Waals surface area contributed by atoms with Crippen LogP contribution in [-0.2, 0) is 12.1 Å². The van der Waals surface area contributed by atoms with Crippen LogP contribution >= 0.6 is 31.9 Å². The first-order chi connectivity index (χ1) is 11.9. The van der Waals surface area contributed by atoms with Gasteiger partial charge in [0.1, 0.15) is 11.5 Å². The number of rotatable bonds is 6. The Labute approximate surface area is 163 Å². The van der Waals surface area contributed by atoms with E-state index in [1.54, 1.807) is 12.5 Å². The van der Waals surface area contributed by atoms with Gasteiger partial charge >= 0.3 is 0 Å². The molecule has 1 atom stereocenters. The van der Waals surface area contributed by atoms with Gasteiger partial charge < -0.3 is 14.4 Å². The van der Waals surface area contributed by atoms with Crippen molar-refractivity contribution in [3.63, 3.8) is 0 Å². The highest BCUT2D eigenvalue weighted by Gasteiger charge is 2.22. The van der Waals surface area contributed by atoms with Gasteiger partial charge in [-0.3, -0.25) is 0 Å². The summed E-state index contributed by atoms with van der Waals surface area (Å²) in [6.07, 6.45) is 5.98. The fourth-order valence-electron chi connectivity index (χ4n) is 2.48. The van der Waals surface area contributed by atoms with Gasteiger partial charge in [-0.25, -0.2) is 4.98 Å². The second-order valence-corrected chi connectivity index (χ2v) is 7.80. The average Bonchev–Trinajstić information content (AvgIpc) is 3.10. The molecule has 0 amide bonds. The van der Waals surface area contributed by atoms with Gasteiger partial charge in [0.15, 0.2) is 0 Å². The van der Waals surface area contributed by atoms with Crippen molar-refractivity contribution < 1.29 is 9.84 Å². The van der Waals surface area contributed by atoms with E-state index in [0.717, 1.165) is 26.0 Å². The summed E-state index contributed by atoms with van der Waals surface area (Å²) in [4.78, 5) is 4.02. The number of hydrogen-bond acceptors (Lipinski definition) is 3. The third-order valence-corrected chi connectivity index (χ3v) is 5.13. The maximum absolute atomic E-state index is 10.8. The maximum atomic E-state index is 10.8. The van der Waals surface area contributed by atoms with Crippen LogP contribution < -0.4 is 4.74 Å². The zero-order chi connectivity index (χ0) is 17.9. The highest BCUT2D eigenvalue weighted by molar-refractivity contribution is 9.11. The quantitative estimate of drug-likeness (QED) is 0.522. The minimum absolute atomic E-state index is 0.599. The third-order valence-electron chi connectivity index (χ3n) is 4.01. The van der Waals surface area contributed by atoms with Gasteiger partial charge in [-0.05, 0) is 65.2 Å². The van der Waals surface area contributed by atoms with Crippen LogP contribution in [0.1, 0.15) is 18.9 Å². The second-order valence-electron chi connectivity index (χ2n) is 6.03. The lowest BCUT2D eigenvalue weighted by molar-refractivity contribution is 0.0430. The lowest BCUT2D eigenvalue weighted by Crippen LogP contribution is -2.23. The Morgan fingerprint density at radius 1 is 1.16 bits per heavy atom. The Morgan fingerprint density at radius 3 is 2.56 bits per heavy atom. The normalized spacial score (nSPS) is 13.4. The molecule has 3 rings (SSSR count). The van der Waals surface area contributed by atoms with Crippen molar-refractivity contribution in [1.29, 1.82) is 0 Å². The lowest BCUT2D eigenvalue weighted by atomic mass is 9.92. The minimum Gasteiger partial charge on any atom is -0.456 e. The Morgan fingerprint density at radius 2 is 1.92 bits per heavy atom. The summed E-state index contributed by atoms with van der Waals surface area (Å²) in [6.45, 7) is 2.53. The van der Waals surface area contributed by atoms with E-state index in [4.69, 9.17) is 4.74 Å². The van der Waals surface area contributed by atoms with Crippen LogP contribution in [0.4, 0.5) is 0 Å². The molecule has 0 saturated carbocycles. The molecule has 1 aromatic heterocycles. The highest BCUT2D eigenvalue weighted by Crippen LogP contribution is 2.33. The molecule has 6 heteroatoms. The lowest BCUT2D eigenvalue weighted by Gasteiger charge is -2.24. The van der Waals surface area contributed by atoms with Crippen molar-refractivity contribution in [2.45, 2.75) is 25.5 Å². The van der Waals surface area contributed by atoms with Gasteiger partial charge in [-0.2, -0.15) is 0 Å². The first-order valence-electron chi connectivity index (χ1n) is 7.86. The number of ether oxygens (including phenoxy) is 1.